The van der Waals surface area contributed by atoms with Crippen molar-refractivity contribution in [2.24, 2.45) is 5.92 Å². The van der Waals surface area contributed by atoms with E-state index in [4.69, 9.17) is 0 Å². The van der Waals surface area contributed by atoms with Gasteiger partial charge in [-0.25, -0.2) is 0 Å². The van der Waals surface area contributed by atoms with Gasteiger partial charge in [0.15, 0.2) is 0 Å². The Morgan fingerprint density at radius 2 is 1.50 bits per heavy atom. The quantitative estimate of drug-likeness (QED) is 0.844. The fraction of sp³-hybridized carbons (Fsp3) is 0.316. The second-order valence-electron chi connectivity index (χ2n) is 6.08. The molecule has 0 bridgehead atoms. The molecular weight excluding hydrogens is 272 g/mol. The Hall–Kier alpha value is -2.29. The predicted octanol–water partition coefficient (Wildman–Crippen LogP) is 4.48. The molecule has 0 saturated carbocycles. The van der Waals surface area contributed by atoms with Crippen LogP contribution < -0.4 is 10.2 Å². The zero-order valence-electron chi connectivity index (χ0n) is 13.0. The summed E-state index contributed by atoms with van der Waals surface area (Å²) in [6, 6.07) is 16.1. The number of rotatable bonds is 4. The van der Waals surface area contributed by atoms with Crippen molar-refractivity contribution >= 4 is 23.3 Å². The van der Waals surface area contributed by atoms with Gasteiger partial charge in [-0.05, 0) is 67.3 Å². The van der Waals surface area contributed by atoms with Crippen LogP contribution in [0.2, 0.25) is 0 Å². The van der Waals surface area contributed by atoms with E-state index in [0.717, 1.165) is 36.7 Å². The SMILES string of the molecule is CC1CCN(c2ccc(Nc3ccc(C=O)cc3)cc2)CC1. The fourth-order valence-electron chi connectivity index (χ4n) is 2.83. The number of benzene rings is 2. The largest absolute Gasteiger partial charge is 0.372 e. The van der Waals surface area contributed by atoms with Crippen LogP contribution in [0.25, 0.3) is 0 Å². The second-order valence-corrected chi connectivity index (χ2v) is 6.08. The summed E-state index contributed by atoms with van der Waals surface area (Å²) in [4.78, 5) is 13.1. The molecule has 1 aliphatic rings. The van der Waals surface area contributed by atoms with Gasteiger partial charge in [0.25, 0.3) is 0 Å². The van der Waals surface area contributed by atoms with E-state index in [0.29, 0.717) is 5.56 Å². The first-order valence-electron chi connectivity index (χ1n) is 7.92. The summed E-state index contributed by atoms with van der Waals surface area (Å²) in [5.41, 5.74) is 4.05. The van der Waals surface area contributed by atoms with Gasteiger partial charge >= 0.3 is 0 Å². The molecule has 114 valence electrons. The summed E-state index contributed by atoms with van der Waals surface area (Å²) in [6.45, 7) is 4.64. The van der Waals surface area contributed by atoms with Crippen LogP contribution in [0, 0.1) is 5.92 Å². The molecule has 0 aliphatic carbocycles. The van der Waals surface area contributed by atoms with Crippen LogP contribution in [0.5, 0.6) is 0 Å². The van der Waals surface area contributed by atoms with E-state index in [-0.39, 0.29) is 0 Å². The van der Waals surface area contributed by atoms with Gasteiger partial charge in [0.1, 0.15) is 6.29 Å². The molecule has 3 nitrogen and oxygen atoms in total. The minimum absolute atomic E-state index is 0.695. The fourth-order valence-corrected chi connectivity index (χ4v) is 2.83. The zero-order valence-corrected chi connectivity index (χ0v) is 13.0. The number of anilines is 3. The number of hydrogen-bond donors (Lipinski definition) is 1. The Balaban J connectivity index is 1.64. The van der Waals surface area contributed by atoms with Crippen molar-refractivity contribution in [3.8, 4) is 0 Å². The summed E-state index contributed by atoms with van der Waals surface area (Å²) in [6.07, 6.45) is 3.42. The van der Waals surface area contributed by atoms with E-state index in [1.807, 2.05) is 24.3 Å². The molecule has 0 unspecified atom stereocenters. The molecule has 22 heavy (non-hydrogen) atoms. The number of carbonyl (C=O) groups excluding carboxylic acids is 1. The van der Waals surface area contributed by atoms with Gasteiger partial charge in [-0.3, -0.25) is 4.79 Å². The highest BCUT2D eigenvalue weighted by Crippen LogP contribution is 2.25. The number of nitrogens with zero attached hydrogens (tertiary/aromatic N) is 1. The highest BCUT2D eigenvalue weighted by atomic mass is 16.1. The van der Waals surface area contributed by atoms with E-state index in [9.17, 15) is 4.79 Å². The van der Waals surface area contributed by atoms with Crippen LogP contribution in [0.15, 0.2) is 48.5 Å². The molecule has 0 aromatic heterocycles. The Bertz CT molecular complexity index is 611. The van der Waals surface area contributed by atoms with Gasteiger partial charge in [-0.1, -0.05) is 6.92 Å². The third-order valence-corrected chi connectivity index (χ3v) is 4.35. The Morgan fingerprint density at radius 1 is 0.955 bits per heavy atom. The van der Waals surface area contributed by atoms with Gasteiger partial charge in [-0.2, -0.15) is 0 Å². The van der Waals surface area contributed by atoms with Crippen molar-refractivity contribution in [3.05, 3.63) is 54.1 Å². The van der Waals surface area contributed by atoms with E-state index in [1.165, 1.54) is 18.5 Å². The van der Waals surface area contributed by atoms with Gasteiger partial charge in [0.05, 0.1) is 0 Å². The van der Waals surface area contributed by atoms with Crippen LogP contribution in [0.1, 0.15) is 30.1 Å². The third-order valence-electron chi connectivity index (χ3n) is 4.35. The number of piperidine rings is 1. The molecular formula is C19H22N2O. The van der Waals surface area contributed by atoms with E-state index in [2.05, 4.69) is 41.4 Å². The van der Waals surface area contributed by atoms with Crippen molar-refractivity contribution < 1.29 is 4.79 Å². The summed E-state index contributed by atoms with van der Waals surface area (Å²) in [5.74, 6) is 0.853. The zero-order chi connectivity index (χ0) is 15.4. The van der Waals surface area contributed by atoms with Crippen LogP contribution in [0.4, 0.5) is 17.1 Å². The van der Waals surface area contributed by atoms with E-state index >= 15 is 0 Å². The minimum atomic E-state index is 0.695. The summed E-state index contributed by atoms with van der Waals surface area (Å²) >= 11 is 0. The summed E-state index contributed by atoms with van der Waals surface area (Å²) in [5, 5.41) is 3.36. The summed E-state index contributed by atoms with van der Waals surface area (Å²) in [7, 11) is 0. The molecule has 1 saturated heterocycles. The number of aldehydes is 1. The Morgan fingerprint density at radius 3 is 2.05 bits per heavy atom. The number of hydrogen-bond acceptors (Lipinski definition) is 3. The first kappa shape index (κ1) is 14.6. The Kier molecular flexibility index (Phi) is 4.42. The molecule has 2 aromatic carbocycles. The molecule has 3 rings (SSSR count). The maximum atomic E-state index is 10.7. The van der Waals surface area contributed by atoms with Gasteiger partial charge < -0.3 is 10.2 Å². The van der Waals surface area contributed by atoms with Crippen LogP contribution in [-0.4, -0.2) is 19.4 Å². The maximum absolute atomic E-state index is 10.7. The monoisotopic (exact) mass is 294 g/mol. The number of nitrogens with one attached hydrogen (secondary N) is 1. The van der Waals surface area contributed by atoms with Gasteiger partial charge in [0.2, 0.25) is 0 Å². The first-order valence-corrected chi connectivity index (χ1v) is 7.92. The molecule has 1 N–H and O–H groups in total. The lowest BCUT2D eigenvalue weighted by atomic mass is 9.99. The lowest BCUT2D eigenvalue weighted by molar-refractivity contribution is 0.112. The smallest absolute Gasteiger partial charge is 0.150 e. The van der Waals surface area contributed by atoms with Crippen molar-refractivity contribution in [2.75, 3.05) is 23.3 Å². The normalized spacial score (nSPS) is 15.6. The lowest BCUT2D eigenvalue weighted by Gasteiger charge is -2.32. The standard InChI is InChI=1S/C19H22N2O/c1-15-10-12-21(13-11-15)19-8-6-18(7-9-19)20-17-4-2-16(14-22)3-5-17/h2-9,14-15,20H,10-13H2,1H3. The van der Waals surface area contributed by atoms with Gasteiger partial charge in [-0.15, -0.1) is 0 Å². The highest BCUT2D eigenvalue weighted by molar-refractivity contribution is 5.76. The van der Waals surface area contributed by atoms with E-state index < -0.39 is 0 Å². The predicted molar refractivity (Wildman–Crippen MR) is 92.2 cm³/mol. The van der Waals surface area contributed by atoms with Gasteiger partial charge in [0, 0.05) is 35.7 Å². The average molecular weight is 294 g/mol. The third kappa shape index (κ3) is 3.48. The lowest BCUT2D eigenvalue weighted by Crippen LogP contribution is -2.32. The molecule has 1 aliphatic heterocycles. The van der Waals surface area contributed by atoms with Crippen LogP contribution in [-0.2, 0) is 0 Å². The first-order chi connectivity index (χ1) is 10.7. The second kappa shape index (κ2) is 6.65. The summed E-state index contributed by atoms with van der Waals surface area (Å²) < 4.78 is 0. The van der Waals surface area contributed by atoms with Crippen LogP contribution >= 0.6 is 0 Å². The molecule has 0 amide bonds. The molecule has 1 fully saturated rings. The molecule has 3 heteroatoms. The van der Waals surface area contributed by atoms with Crippen molar-refractivity contribution in [1.82, 2.24) is 0 Å². The molecule has 2 aromatic rings. The Labute approximate surface area is 132 Å². The molecule has 0 radical (unpaired) electrons. The van der Waals surface area contributed by atoms with Crippen molar-refractivity contribution in [1.29, 1.82) is 0 Å². The molecule has 0 atom stereocenters. The van der Waals surface area contributed by atoms with Crippen molar-refractivity contribution in [3.63, 3.8) is 0 Å². The minimum Gasteiger partial charge on any atom is -0.372 e. The molecule has 1 heterocycles. The highest BCUT2D eigenvalue weighted by Gasteiger charge is 2.15. The van der Waals surface area contributed by atoms with Crippen molar-refractivity contribution in [2.45, 2.75) is 19.8 Å². The maximum Gasteiger partial charge on any atom is 0.150 e. The molecule has 0 spiro atoms. The number of carbonyl (C=O) groups is 1. The van der Waals surface area contributed by atoms with Crippen LogP contribution in [0.3, 0.4) is 0 Å². The average Bonchev–Trinajstić information content (AvgIpc) is 2.57. The van der Waals surface area contributed by atoms with E-state index in [1.54, 1.807) is 0 Å². The topological polar surface area (TPSA) is 32.3 Å².